The molecule has 0 N–H and O–H groups in total. The molecule has 0 radical (unpaired) electrons. The molecular weight excluding hydrogens is 773 g/mol. The number of hydrogen-bond donors (Lipinski definition) is 0. The molecule has 1 aliphatic rings. The smallest absolute Gasteiger partial charge is 0.165 e. The second kappa shape index (κ2) is 14.7. The van der Waals surface area contributed by atoms with Crippen molar-refractivity contribution in [1.29, 1.82) is 0 Å². The molecule has 0 amide bonds. The molecule has 4 nitrogen and oxygen atoms in total. The lowest BCUT2D eigenvalue weighted by Gasteiger charge is -2.34. The Hall–Kier alpha value is -7.86. The summed E-state index contributed by atoms with van der Waals surface area (Å²) < 4.78 is 2.50. The van der Waals surface area contributed by atoms with Crippen LogP contribution in [0.1, 0.15) is 22.3 Å². The third-order valence-electron chi connectivity index (χ3n) is 12.3. The standard InChI is InChI=1S/C57H36N4S/c1-4-17-37(18-5-1)42-23-10-11-26-47(42)56-60-54(59-55(61-56)39-32-34-51(58-36-39)48-28-16-27-46-45-25-13-15-30-52(45)62-53(46)48)38-31-33-44-43-24-12-14-29-49(43)57(50(44)35-38,40-19-6-2-7-20-40)41-21-8-3-9-22-41/h1-36H. The molecule has 290 valence electrons. The summed E-state index contributed by atoms with van der Waals surface area (Å²) in [5.41, 5.74) is 13.6. The zero-order valence-electron chi connectivity index (χ0n) is 33.5. The first-order valence-electron chi connectivity index (χ1n) is 20.9. The van der Waals surface area contributed by atoms with Crippen molar-refractivity contribution in [3.63, 3.8) is 0 Å². The summed E-state index contributed by atoms with van der Waals surface area (Å²) in [4.78, 5) is 20.9. The van der Waals surface area contributed by atoms with E-state index in [1.54, 1.807) is 0 Å². The summed E-state index contributed by atoms with van der Waals surface area (Å²) in [6.45, 7) is 0. The molecular formula is C57H36N4S. The van der Waals surface area contributed by atoms with E-state index < -0.39 is 5.41 Å². The van der Waals surface area contributed by atoms with Crippen LogP contribution in [-0.2, 0) is 5.41 Å². The minimum absolute atomic E-state index is 0.555. The summed E-state index contributed by atoms with van der Waals surface area (Å²) in [5, 5.41) is 2.52. The van der Waals surface area contributed by atoms with Crippen LogP contribution in [0.2, 0.25) is 0 Å². The summed E-state index contributed by atoms with van der Waals surface area (Å²) >= 11 is 1.81. The first-order chi connectivity index (χ1) is 30.7. The lowest BCUT2D eigenvalue weighted by atomic mass is 9.67. The van der Waals surface area contributed by atoms with Crippen LogP contribution in [0.5, 0.6) is 0 Å². The van der Waals surface area contributed by atoms with Gasteiger partial charge in [0.25, 0.3) is 0 Å². The summed E-state index contributed by atoms with van der Waals surface area (Å²) in [5.74, 6) is 1.76. The number of thiophene rings is 1. The fraction of sp³-hybridized carbons (Fsp3) is 0.0175. The van der Waals surface area contributed by atoms with E-state index in [0.717, 1.165) is 39.1 Å². The van der Waals surface area contributed by atoms with Crippen LogP contribution in [0.15, 0.2) is 219 Å². The Morgan fingerprint density at radius 3 is 1.66 bits per heavy atom. The lowest BCUT2D eigenvalue weighted by molar-refractivity contribution is 0.768. The second-order valence-electron chi connectivity index (χ2n) is 15.7. The average Bonchev–Trinajstić information content (AvgIpc) is 3.89. The van der Waals surface area contributed by atoms with Gasteiger partial charge < -0.3 is 0 Å². The van der Waals surface area contributed by atoms with E-state index in [9.17, 15) is 0 Å². The molecule has 0 bridgehead atoms. The number of pyridine rings is 1. The van der Waals surface area contributed by atoms with E-state index in [0.29, 0.717) is 17.5 Å². The van der Waals surface area contributed by atoms with Crippen molar-refractivity contribution in [2.24, 2.45) is 0 Å². The van der Waals surface area contributed by atoms with E-state index in [1.807, 2.05) is 23.6 Å². The number of aromatic nitrogens is 4. The van der Waals surface area contributed by atoms with Gasteiger partial charge in [-0.15, -0.1) is 11.3 Å². The fourth-order valence-corrected chi connectivity index (χ4v) is 10.7. The van der Waals surface area contributed by atoms with Gasteiger partial charge >= 0.3 is 0 Å². The third-order valence-corrected chi connectivity index (χ3v) is 13.5. The van der Waals surface area contributed by atoms with Crippen LogP contribution >= 0.6 is 11.3 Å². The Labute approximate surface area is 363 Å². The van der Waals surface area contributed by atoms with E-state index in [4.69, 9.17) is 19.9 Å². The molecule has 5 heteroatoms. The molecule has 62 heavy (non-hydrogen) atoms. The monoisotopic (exact) mass is 808 g/mol. The normalized spacial score (nSPS) is 12.6. The Morgan fingerprint density at radius 2 is 0.919 bits per heavy atom. The number of hydrogen-bond acceptors (Lipinski definition) is 5. The predicted octanol–water partition coefficient (Wildman–Crippen LogP) is 14.3. The van der Waals surface area contributed by atoms with Crippen molar-refractivity contribution in [2.75, 3.05) is 0 Å². The van der Waals surface area contributed by atoms with Crippen LogP contribution in [0.4, 0.5) is 0 Å². The second-order valence-corrected chi connectivity index (χ2v) is 16.8. The molecule has 0 saturated heterocycles. The van der Waals surface area contributed by atoms with Crippen LogP contribution < -0.4 is 0 Å². The zero-order valence-corrected chi connectivity index (χ0v) is 34.3. The maximum absolute atomic E-state index is 5.33. The molecule has 0 saturated carbocycles. The third kappa shape index (κ3) is 5.74. The van der Waals surface area contributed by atoms with Crippen LogP contribution in [0.3, 0.4) is 0 Å². The van der Waals surface area contributed by atoms with Gasteiger partial charge in [0, 0.05) is 48.6 Å². The SMILES string of the molecule is c1ccc(-c2ccccc2-c2nc(-c3ccc(-c4cccc5c4sc4ccccc45)nc3)nc(-c3ccc4c(c3)C(c3ccccc3)(c3ccccc3)c3ccccc3-4)n2)cc1. The van der Waals surface area contributed by atoms with E-state index in [-0.39, 0.29) is 0 Å². The Bertz CT molecular complexity index is 3410. The van der Waals surface area contributed by atoms with Crippen molar-refractivity contribution in [2.45, 2.75) is 5.41 Å². The molecule has 3 aromatic heterocycles. The highest BCUT2D eigenvalue weighted by molar-refractivity contribution is 7.26. The summed E-state index contributed by atoms with van der Waals surface area (Å²) in [6.07, 6.45) is 1.91. The Kier molecular flexibility index (Phi) is 8.54. The summed E-state index contributed by atoms with van der Waals surface area (Å²) in [6, 6.07) is 75.4. The van der Waals surface area contributed by atoms with Gasteiger partial charge in [-0.3, -0.25) is 4.98 Å². The average molecular weight is 809 g/mol. The number of rotatable bonds is 7. The van der Waals surface area contributed by atoms with Gasteiger partial charge in [-0.2, -0.15) is 0 Å². The molecule has 0 atom stereocenters. The Morgan fingerprint density at radius 1 is 0.355 bits per heavy atom. The van der Waals surface area contributed by atoms with Crippen LogP contribution in [0, 0.1) is 0 Å². The lowest BCUT2D eigenvalue weighted by Crippen LogP contribution is -2.28. The fourth-order valence-electron chi connectivity index (χ4n) is 9.52. The molecule has 1 aliphatic carbocycles. The van der Waals surface area contributed by atoms with Crippen molar-refractivity contribution in [1.82, 2.24) is 19.9 Å². The van der Waals surface area contributed by atoms with Gasteiger partial charge in [-0.1, -0.05) is 188 Å². The van der Waals surface area contributed by atoms with Crippen molar-refractivity contribution in [3.8, 4) is 67.7 Å². The first-order valence-corrected chi connectivity index (χ1v) is 21.7. The topological polar surface area (TPSA) is 51.6 Å². The molecule has 0 aliphatic heterocycles. The van der Waals surface area contributed by atoms with Gasteiger partial charge in [-0.25, -0.2) is 15.0 Å². The van der Waals surface area contributed by atoms with E-state index in [2.05, 4.69) is 206 Å². The molecule has 3 heterocycles. The van der Waals surface area contributed by atoms with Crippen molar-refractivity contribution in [3.05, 3.63) is 241 Å². The van der Waals surface area contributed by atoms with Gasteiger partial charge in [0.2, 0.25) is 0 Å². The van der Waals surface area contributed by atoms with Crippen LogP contribution in [-0.4, -0.2) is 19.9 Å². The Balaban J connectivity index is 1.05. The molecule has 12 rings (SSSR count). The number of fused-ring (bicyclic) bond motifs is 6. The van der Waals surface area contributed by atoms with Gasteiger partial charge in [0.1, 0.15) is 0 Å². The zero-order chi connectivity index (χ0) is 41.0. The molecule has 0 fully saturated rings. The highest BCUT2D eigenvalue weighted by atomic mass is 32.1. The minimum atomic E-state index is -0.555. The van der Waals surface area contributed by atoms with Gasteiger partial charge in [-0.05, 0) is 68.8 Å². The first kappa shape index (κ1) is 36.0. The molecule has 0 unspecified atom stereocenters. The van der Waals surface area contributed by atoms with Gasteiger partial charge in [0.15, 0.2) is 17.5 Å². The van der Waals surface area contributed by atoms with E-state index >= 15 is 0 Å². The maximum atomic E-state index is 5.33. The predicted molar refractivity (Wildman–Crippen MR) is 255 cm³/mol. The largest absolute Gasteiger partial charge is 0.255 e. The number of nitrogens with zero attached hydrogens (tertiary/aromatic N) is 4. The minimum Gasteiger partial charge on any atom is -0.255 e. The van der Waals surface area contributed by atoms with Crippen molar-refractivity contribution < 1.29 is 0 Å². The molecule has 0 spiro atoms. The maximum Gasteiger partial charge on any atom is 0.165 e. The quantitative estimate of drug-likeness (QED) is 0.161. The summed E-state index contributed by atoms with van der Waals surface area (Å²) in [7, 11) is 0. The molecule has 11 aromatic rings. The van der Waals surface area contributed by atoms with Crippen molar-refractivity contribution >= 4 is 31.5 Å². The van der Waals surface area contributed by atoms with E-state index in [1.165, 1.54) is 53.6 Å². The molecule has 8 aromatic carbocycles. The highest BCUT2D eigenvalue weighted by Gasteiger charge is 2.46. The van der Waals surface area contributed by atoms with Gasteiger partial charge in [0.05, 0.1) is 11.1 Å². The number of benzene rings is 8. The van der Waals surface area contributed by atoms with Crippen LogP contribution in [0.25, 0.3) is 87.8 Å². The highest BCUT2D eigenvalue weighted by Crippen LogP contribution is 2.56.